The Balaban J connectivity index is 1.54. The predicted molar refractivity (Wildman–Crippen MR) is 141 cm³/mol. The average molecular weight is 587 g/mol. The van der Waals surface area contributed by atoms with E-state index in [2.05, 4.69) is 36.8 Å². The van der Waals surface area contributed by atoms with Crippen LogP contribution in [0.1, 0.15) is 15.9 Å². The van der Waals surface area contributed by atoms with E-state index in [4.69, 9.17) is 11.6 Å². The molecule has 1 heterocycles. The van der Waals surface area contributed by atoms with Crippen LogP contribution in [0.3, 0.4) is 0 Å². The largest absolute Gasteiger partial charge is 0.340 e. The maximum Gasteiger partial charge on any atom is 0.288 e. The Morgan fingerprint density at radius 2 is 1.78 bits per heavy atom. The highest BCUT2D eigenvalue weighted by Crippen LogP contribution is 2.28. The third-order valence-electron chi connectivity index (χ3n) is 5.06. The molecule has 0 spiro atoms. The van der Waals surface area contributed by atoms with Crippen molar-refractivity contribution in [3.05, 3.63) is 104 Å². The number of nitrogens with zero attached hydrogens (tertiary/aromatic N) is 3. The van der Waals surface area contributed by atoms with Crippen LogP contribution in [0.5, 0.6) is 0 Å². The summed E-state index contributed by atoms with van der Waals surface area (Å²) < 4.78 is 0.926. The van der Waals surface area contributed by atoms with E-state index in [9.17, 15) is 19.7 Å². The Labute approximate surface area is 222 Å². The van der Waals surface area contributed by atoms with Crippen LogP contribution in [0.2, 0.25) is 5.02 Å². The van der Waals surface area contributed by atoms with Crippen LogP contribution in [-0.2, 0) is 11.2 Å². The van der Waals surface area contributed by atoms with Gasteiger partial charge in [-0.15, -0.1) is 10.2 Å². The van der Waals surface area contributed by atoms with Crippen LogP contribution in [0.15, 0.2) is 77.3 Å². The third-order valence-corrected chi connectivity index (χ3v) is 6.79. The zero-order valence-electron chi connectivity index (χ0n) is 18.4. The summed E-state index contributed by atoms with van der Waals surface area (Å²) in [6.45, 7) is 0. The molecule has 0 unspecified atom stereocenters. The van der Waals surface area contributed by atoms with Crippen molar-refractivity contribution in [2.45, 2.75) is 12.5 Å². The summed E-state index contributed by atoms with van der Waals surface area (Å²) in [5.41, 5.74) is 1.26. The molecule has 2 N–H and O–H groups in total. The van der Waals surface area contributed by atoms with E-state index in [1.165, 1.54) is 23.5 Å². The fourth-order valence-electron chi connectivity index (χ4n) is 3.27. The van der Waals surface area contributed by atoms with Gasteiger partial charge in [-0.2, -0.15) is 0 Å². The van der Waals surface area contributed by atoms with Crippen molar-refractivity contribution in [3.8, 4) is 10.6 Å². The van der Waals surface area contributed by atoms with E-state index < -0.39 is 28.5 Å². The number of nitro groups is 1. The van der Waals surface area contributed by atoms with Gasteiger partial charge in [-0.1, -0.05) is 81.3 Å². The Hall–Kier alpha value is -3.67. The summed E-state index contributed by atoms with van der Waals surface area (Å²) in [4.78, 5) is 36.6. The molecule has 0 bridgehead atoms. The molecule has 4 aromatic rings. The van der Waals surface area contributed by atoms with Crippen molar-refractivity contribution < 1.29 is 14.5 Å². The second-order valence-corrected chi connectivity index (χ2v) is 9.85. The number of amides is 2. The molecule has 1 atom stereocenters. The zero-order valence-corrected chi connectivity index (χ0v) is 21.5. The molecule has 0 aliphatic heterocycles. The van der Waals surface area contributed by atoms with Crippen molar-refractivity contribution >= 4 is 61.5 Å². The maximum absolute atomic E-state index is 13.2. The molecule has 182 valence electrons. The molecule has 0 fully saturated rings. The number of benzene rings is 3. The van der Waals surface area contributed by atoms with Gasteiger partial charge in [0.15, 0.2) is 0 Å². The van der Waals surface area contributed by atoms with Crippen LogP contribution >= 0.6 is 38.9 Å². The summed E-state index contributed by atoms with van der Waals surface area (Å²) in [6.07, 6.45) is 0.187. The lowest BCUT2D eigenvalue weighted by molar-refractivity contribution is -0.384. The number of hydrogen-bond donors (Lipinski definition) is 2. The molecule has 0 radical (unpaired) electrons. The number of nitro benzene ring substituents is 1. The number of halogens is 2. The monoisotopic (exact) mass is 585 g/mol. The van der Waals surface area contributed by atoms with Crippen molar-refractivity contribution in [2.75, 3.05) is 5.32 Å². The number of anilines is 1. The van der Waals surface area contributed by atoms with Gasteiger partial charge in [-0.25, -0.2) is 0 Å². The van der Waals surface area contributed by atoms with E-state index in [1.54, 1.807) is 0 Å². The lowest BCUT2D eigenvalue weighted by Crippen LogP contribution is -2.45. The van der Waals surface area contributed by atoms with Gasteiger partial charge in [0.1, 0.15) is 16.1 Å². The molecule has 2 amide bonds. The van der Waals surface area contributed by atoms with Gasteiger partial charge in [0.2, 0.25) is 11.0 Å². The van der Waals surface area contributed by atoms with Crippen LogP contribution in [-0.4, -0.2) is 33.0 Å². The number of aromatic nitrogens is 2. The van der Waals surface area contributed by atoms with Gasteiger partial charge in [-0.05, 0) is 29.8 Å². The van der Waals surface area contributed by atoms with Gasteiger partial charge in [0.25, 0.3) is 11.6 Å². The normalized spacial score (nSPS) is 11.5. The molecule has 36 heavy (non-hydrogen) atoms. The second kappa shape index (κ2) is 11.4. The van der Waals surface area contributed by atoms with E-state index in [1.807, 2.05) is 54.6 Å². The molecule has 12 heteroatoms. The Kier molecular flexibility index (Phi) is 8.04. The summed E-state index contributed by atoms with van der Waals surface area (Å²) in [6, 6.07) is 19.4. The lowest BCUT2D eigenvalue weighted by Gasteiger charge is -2.18. The number of carbonyl (C=O) groups excluding carboxylic acids is 2. The number of rotatable bonds is 8. The first-order chi connectivity index (χ1) is 17.3. The molecular formula is C24H17BrClN5O4S. The minimum atomic E-state index is -0.991. The van der Waals surface area contributed by atoms with Crippen molar-refractivity contribution in [1.29, 1.82) is 0 Å². The van der Waals surface area contributed by atoms with E-state index in [0.29, 0.717) is 5.01 Å². The lowest BCUT2D eigenvalue weighted by atomic mass is 10.0. The van der Waals surface area contributed by atoms with Gasteiger partial charge in [-0.3, -0.25) is 25.0 Å². The molecule has 0 aliphatic rings. The van der Waals surface area contributed by atoms with E-state index in [0.717, 1.165) is 21.7 Å². The highest BCUT2D eigenvalue weighted by Gasteiger charge is 2.25. The summed E-state index contributed by atoms with van der Waals surface area (Å²) in [5, 5.41) is 25.6. The number of carbonyl (C=O) groups is 2. The first kappa shape index (κ1) is 25.4. The molecule has 4 rings (SSSR count). The minimum Gasteiger partial charge on any atom is -0.340 e. The van der Waals surface area contributed by atoms with Crippen LogP contribution in [0.25, 0.3) is 10.6 Å². The molecule has 1 aromatic heterocycles. The minimum absolute atomic E-state index is 0.00500. The first-order valence-corrected chi connectivity index (χ1v) is 12.5. The molecule has 9 nitrogen and oxygen atoms in total. The average Bonchev–Trinajstić information content (AvgIpc) is 3.33. The van der Waals surface area contributed by atoms with E-state index in [-0.39, 0.29) is 22.1 Å². The van der Waals surface area contributed by atoms with Crippen LogP contribution in [0, 0.1) is 10.1 Å². The molecular weight excluding hydrogens is 570 g/mol. The Morgan fingerprint density at radius 3 is 2.47 bits per heavy atom. The van der Waals surface area contributed by atoms with Gasteiger partial charge in [0, 0.05) is 28.1 Å². The number of nitrogens with one attached hydrogen (secondary N) is 2. The van der Waals surface area contributed by atoms with E-state index >= 15 is 0 Å². The predicted octanol–water partition coefficient (Wildman–Crippen LogP) is 5.51. The second-order valence-electron chi connectivity index (χ2n) is 7.55. The quantitative estimate of drug-likeness (QED) is 0.207. The topological polar surface area (TPSA) is 127 Å². The molecule has 3 aromatic carbocycles. The van der Waals surface area contributed by atoms with Gasteiger partial charge in [0.05, 0.1) is 4.92 Å². The van der Waals surface area contributed by atoms with Crippen molar-refractivity contribution in [2.24, 2.45) is 0 Å². The molecule has 0 saturated heterocycles. The number of hydrogen-bond acceptors (Lipinski definition) is 7. The zero-order chi connectivity index (χ0) is 25.7. The van der Waals surface area contributed by atoms with Gasteiger partial charge >= 0.3 is 0 Å². The van der Waals surface area contributed by atoms with Crippen molar-refractivity contribution in [1.82, 2.24) is 15.5 Å². The highest BCUT2D eigenvalue weighted by atomic mass is 79.9. The molecule has 0 saturated carbocycles. The molecule has 0 aliphatic carbocycles. The van der Waals surface area contributed by atoms with Crippen LogP contribution < -0.4 is 10.6 Å². The maximum atomic E-state index is 13.2. The third kappa shape index (κ3) is 6.30. The fraction of sp³-hybridized carbons (Fsp3) is 0.0833. The fourth-order valence-corrected chi connectivity index (χ4v) is 4.47. The first-order valence-electron chi connectivity index (χ1n) is 10.5. The Bertz CT molecular complexity index is 1420. The van der Waals surface area contributed by atoms with Crippen molar-refractivity contribution in [3.63, 3.8) is 0 Å². The standard InChI is InChI=1S/C24H17BrClN5O4S/c25-17-9-6-15(7-10-17)23-29-30-24(36-23)28-22(33)19(12-14-4-2-1-3-5-14)27-21(32)16-8-11-18(26)20(13-16)31(34)35/h1-11,13,19H,12H2,(H,27,32)(H,28,30,33)/t19-/m0/s1. The van der Waals surface area contributed by atoms with Gasteiger partial charge < -0.3 is 5.32 Å². The van der Waals surface area contributed by atoms with Crippen LogP contribution in [0.4, 0.5) is 10.8 Å². The summed E-state index contributed by atoms with van der Waals surface area (Å²) in [5.74, 6) is -1.16. The smallest absolute Gasteiger partial charge is 0.288 e. The summed E-state index contributed by atoms with van der Waals surface area (Å²) in [7, 11) is 0. The highest BCUT2D eigenvalue weighted by molar-refractivity contribution is 9.10. The Morgan fingerprint density at radius 1 is 1.06 bits per heavy atom. The summed E-state index contributed by atoms with van der Waals surface area (Å²) >= 11 is 10.4. The SMILES string of the molecule is O=C(N[C@@H](Cc1ccccc1)C(=O)Nc1nnc(-c2ccc(Br)cc2)s1)c1ccc(Cl)c([N+](=O)[O-])c1.